The number of hydrogen-bond acceptors (Lipinski definition) is 6. The molecular formula is C23H34N2O6. The van der Waals surface area contributed by atoms with E-state index in [4.69, 9.17) is 14.2 Å². The summed E-state index contributed by atoms with van der Waals surface area (Å²) in [6, 6.07) is 3.99. The first-order valence-corrected chi connectivity index (χ1v) is 10.8. The van der Waals surface area contributed by atoms with E-state index in [2.05, 4.69) is 10.6 Å². The maximum Gasteiger partial charge on any atom is 0.329 e. The Bertz CT molecular complexity index is 751. The van der Waals surface area contributed by atoms with Crippen LogP contribution in [0.2, 0.25) is 0 Å². The van der Waals surface area contributed by atoms with Gasteiger partial charge in [-0.05, 0) is 37.8 Å². The normalized spacial score (nSPS) is 16.2. The summed E-state index contributed by atoms with van der Waals surface area (Å²) in [5.41, 5.74) is 0.290. The highest BCUT2D eigenvalue weighted by Crippen LogP contribution is 2.23. The average Bonchev–Trinajstić information content (AvgIpc) is 2.76. The molecule has 2 amide bonds. The third-order valence-corrected chi connectivity index (χ3v) is 5.43. The van der Waals surface area contributed by atoms with Gasteiger partial charge in [0.25, 0.3) is 11.8 Å². The van der Waals surface area contributed by atoms with Crippen LogP contribution in [0.1, 0.15) is 63.2 Å². The Labute approximate surface area is 184 Å². The Kier molecular flexibility index (Phi) is 9.15. The van der Waals surface area contributed by atoms with Crippen molar-refractivity contribution >= 4 is 17.8 Å². The number of esters is 1. The number of carbonyl (C=O) groups excluding carboxylic acids is 3. The molecule has 1 aliphatic carbocycles. The summed E-state index contributed by atoms with van der Waals surface area (Å²) in [6.45, 7) is 5.14. The lowest BCUT2D eigenvalue weighted by Crippen LogP contribution is -2.48. The van der Waals surface area contributed by atoms with Gasteiger partial charge in [0.15, 0.2) is 6.10 Å². The van der Waals surface area contributed by atoms with Crippen molar-refractivity contribution in [2.75, 3.05) is 14.2 Å². The van der Waals surface area contributed by atoms with Crippen LogP contribution in [0.4, 0.5) is 0 Å². The van der Waals surface area contributed by atoms with Gasteiger partial charge >= 0.3 is 5.97 Å². The zero-order valence-electron chi connectivity index (χ0n) is 19.0. The van der Waals surface area contributed by atoms with Gasteiger partial charge in [-0.3, -0.25) is 9.59 Å². The second kappa shape index (κ2) is 11.6. The average molecular weight is 435 g/mol. The summed E-state index contributed by atoms with van der Waals surface area (Å²) in [7, 11) is 2.98. The largest absolute Gasteiger partial charge is 0.497 e. The fourth-order valence-electron chi connectivity index (χ4n) is 3.53. The molecule has 2 N–H and O–H groups in total. The van der Waals surface area contributed by atoms with Gasteiger partial charge < -0.3 is 24.8 Å². The first-order chi connectivity index (χ1) is 14.7. The topological polar surface area (TPSA) is 103 Å². The number of carbonyl (C=O) groups is 3. The molecule has 0 spiro atoms. The molecule has 31 heavy (non-hydrogen) atoms. The van der Waals surface area contributed by atoms with E-state index >= 15 is 0 Å². The molecule has 2 atom stereocenters. The predicted molar refractivity (Wildman–Crippen MR) is 116 cm³/mol. The first-order valence-electron chi connectivity index (χ1n) is 10.8. The van der Waals surface area contributed by atoms with E-state index in [-0.39, 0.29) is 23.4 Å². The Morgan fingerprint density at radius 3 is 2.03 bits per heavy atom. The molecule has 0 radical (unpaired) electrons. The van der Waals surface area contributed by atoms with Crippen molar-refractivity contribution in [2.24, 2.45) is 5.92 Å². The van der Waals surface area contributed by atoms with E-state index in [0.29, 0.717) is 11.5 Å². The molecule has 0 heterocycles. The highest BCUT2D eigenvalue weighted by atomic mass is 16.5. The predicted octanol–water partition coefficient (Wildman–Crippen LogP) is 2.84. The quantitative estimate of drug-likeness (QED) is 0.580. The number of ether oxygens (including phenoxy) is 3. The van der Waals surface area contributed by atoms with Crippen molar-refractivity contribution in [3.8, 4) is 11.5 Å². The lowest BCUT2D eigenvalue weighted by atomic mass is 9.95. The van der Waals surface area contributed by atoms with Gasteiger partial charge in [-0.1, -0.05) is 33.1 Å². The van der Waals surface area contributed by atoms with Crippen LogP contribution in [0.5, 0.6) is 11.5 Å². The number of rotatable bonds is 9. The molecule has 8 nitrogen and oxygen atoms in total. The third kappa shape index (κ3) is 7.15. The second-order valence-electron chi connectivity index (χ2n) is 8.22. The standard InChI is InChI=1S/C23H34N2O6/c1-14(2)20(25-22(27)16-11-18(29-4)13-19(12-16)30-5)23(28)31-15(3)21(26)24-17-9-7-6-8-10-17/h11-15,17,20H,6-10H2,1-5H3,(H,24,26)(H,25,27)/t15?,20-/m0/s1. The molecule has 8 heteroatoms. The summed E-state index contributed by atoms with van der Waals surface area (Å²) in [4.78, 5) is 37.9. The van der Waals surface area contributed by atoms with E-state index in [9.17, 15) is 14.4 Å². The molecule has 0 aromatic heterocycles. The summed E-state index contributed by atoms with van der Waals surface area (Å²) in [6.07, 6.45) is 4.32. The number of hydrogen-bond donors (Lipinski definition) is 2. The van der Waals surface area contributed by atoms with Crippen molar-refractivity contribution in [2.45, 2.75) is 71.1 Å². The smallest absolute Gasteiger partial charge is 0.329 e. The first kappa shape index (κ1) is 24.5. The molecule has 1 unspecified atom stereocenters. The molecule has 0 saturated heterocycles. The number of methoxy groups -OCH3 is 2. The molecule has 1 saturated carbocycles. The molecule has 172 valence electrons. The SMILES string of the molecule is COc1cc(OC)cc(C(=O)N[C@H](C(=O)OC(C)C(=O)NC2CCCCC2)C(C)C)c1. The molecule has 1 aliphatic rings. The number of nitrogens with one attached hydrogen (secondary N) is 2. The molecule has 1 fully saturated rings. The van der Waals surface area contributed by atoms with Crippen molar-refractivity contribution in [1.29, 1.82) is 0 Å². The Morgan fingerprint density at radius 2 is 1.52 bits per heavy atom. The molecular weight excluding hydrogens is 400 g/mol. The molecule has 0 aliphatic heterocycles. The maximum atomic E-state index is 12.8. The minimum absolute atomic E-state index is 0.131. The lowest BCUT2D eigenvalue weighted by molar-refractivity contribution is -0.157. The van der Waals surface area contributed by atoms with Gasteiger partial charge in [-0.2, -0.15) is 0 Å². The highest BCUT2D eigenvalue weighted by molar-refractivity contribution is 5.97. The monoisotopic (exact) mass is 434 g/mol. The van der Waals surface area contributed by atoms with Crippen LogP contribution in [0.15, 0.2) is 18.2 Å². The van der Waals surface area contributed by atoms with Crippen LogP contribution in [0.3, 0.4) is 0 Å². The fourth-order valence-corrected chi connectivity index (χ4v) is 3.53. The molecule has 2 rings (SSSR count). The Hall–Kier alpha value is -2.77. The van der Waals surface area contributed by atoms with E-state index in [0.717, 1.165) is 25.7 Å². The zero-order chi connectivity index (χ0) is 23.0. The van der Waals surface area contributed by atoms with Crippen LogP contribution < -0.4 is 20.1 Å². The van der Waals surface area contributed by atoms with Crippen molar-refractivity contribution in [3.63, 3.8) is 0 Å². The van der Waals surface area contributed by atoms with E-state index in [1.54, 1.807) is 39.0 Å². The summed E-state index contributed by atoms with van der Waals surface area (Å²) >= 11 is 0. The molecule has 1 aromatic rings. The van der Waals surface area contributed by atoms with Crippen LogP contribution >= 0.6 is 0 Å². The minimum Gasteiger partial charge on any atom is -0.497 e. The molecule has 1 aromatic carbocycles. The van der Waals surface area contributed by atoms with Crippen molar-refractivity contribution in [3.05, 3.63) is 23.8 Å². The van der Waals surface area contributed by atoms with Crippen molar-refractivity contribution < 1.29 is 28.6 Å². The summed E-state index contributed by atoms with van der Waals surface area (Å²) in [5.74, 6) is -0.747. The second-order valence-corrected chi connectivity index (χ2v) is 8.22. The van der Waals surface area contributed by atoms with E-state index in [1.807, 2.05) is 0 Å². The number of benzene rings is 1. The maximum absolute atomic E-state index is 12.8. The van der Waals surface area contributed by atoms with Gasteiger partial charge in [0.05, 0.1) is 14.2 Å². The number of amides is 2. The lowest BCUT2D eigenvalue weighted by Gasteiger charge is -2.26. The molecule has 0 bridgehead atoms. The van der Waals surface area contributed by atoms with Gasteiger partial charge in [0, 0.05) is 17.7 Å². The summed E-state index contributed by atoms with van der Waals surface area (Å²) in [5, 5.41) is 5.66. The van der Waals surface area contributed by atoms with Gasteiger partial charge in [0.1, 0.15) is 17.5 Å². The van der Waals surface area contributed by atoms with Crippen LogP contribution in [0, 0.1) is 5.92 Å². The van der Waals surface area contributed by atoms with Crippen LogP contribution in [-0.2, 0) is 14.3 Å². The Balaban J connectivity index is 2.01. The van der Waals surface area contributed by atoms with Crippen LogP contribution in [-0.4, -0.2) is 50.2 Å². The minimum atomic E-state index is -0.940. The Morgan fingerprint density at radius 1 is 0.935 bits per heavy atom. The third-order valence-electron chi connectivity index (χ3n) is 5.43. The van der Waals surface area contributed by atoms with Gasteiger partial charge in [-0.25, -0.2) is 4.79 Å². The summed E-state index contributed by atoms with van der Waals surface area (Å²) < 4.78 is 15.8. The van der Waals surface area contributed by atoms with E-state index in [1.165, 1.54) is 20.6 Å². The highest BCUT2D eigenvalue weighted by Gasteiger charge is 2.30. The van der Waals surface area contributed by atoms with Crippen LogP contribution in [0.25, 0.3) is 0 Å². The van der Waals surface area contributed by atoms with Crippen molar-refractivity contribution in [1.82, 2.24) is 10.6 Å². The zero-order valence-corrected chi connectivity index (χ0v) is 19.0. The fraction of sp³-hybridized carbons (Fsp3) is 0.609. The van der Waals surface area contributed by atoms with Gasteiger partial charge in [0.2, 0.25) is 0 Å². The van der Waals surface area contributed by atoms with E-state index < -0.39 is 24.0 Å². The van der Waals surface area contributed by atoms with Gasteiger partial charge in [-0.15, -0.1) is 0 Å².